The number of aromatic carboxylic acids is 3. The largest absolute Gasteiger partial charge is 0.478 e. The molecule has 6 nitrogen and oxygen atoms in total. The fraction of sp³-hybridized carbons (Fsp3) is 0. The van der Waals surface area contributed by atoms with Crippen LogP contribution >= 0.6 is 0 Å². The van der Waals surface area contributed by atoms with E-state index in [2.05, 4.69) is 0 Å². The molecular formula is C9H6NdO6. The van der Waals surface area contributed by atoms with Gasteiger partial charge in [-0.15, -0.1) is 0 Å². The van der Waals surface area contributed by atoms with Gasteiger partial charge in [0.2, 0.25) is 0 Å². The van der Waals surface area contributed by atoms with Crippen LogP contribution in [0.1, 0.15) is 31.1 Å². The Morgan fingerprint density at radius 3 is 1.69 bits per heavy atom. The Balaban J connectivity index is 0.00000225. The Morgan fingerprint density at radius 1 is 0.812 bits per heavy atom. The van der Waals surface area contributed by atoms with Crippen LogP contribution in [0, 0.1) is 40.8 Å². The summed E-state index contributed by atoms with van der Waals surface area (Å²) in [6.07, 6.45) is 0. The molecule has 0 saturated heterocycles. The SMILES string of the molecule is O=C(O)c1ccc(C(=O)O)c(C(=O)O)c1.[Nd]. The van der Waals surface area contributed by atoms with Crippen molar-refractivity contribution >= 4 is 17.9 Å². The van der Waals surface area contributed by atoms with Crippen LogP contribution < -0.4 is 0 Å². The Labute approximate surface area is 122 Å². The van der Waals surface area contributed by atoms with E-state index in [1.54, 1.807) is 0 Å². The normalized spacial score (nSPS) is 9.00. The first-order valence-corrected chi connectivity index (χ1v) is 3.77. The molecule has 7 heteroatoms. The minimum atomic E-state index is -1.48. The van der Waals surface area contributed by atoms with Gasteiger partial charge in [-0.2, -0.15) is 0 Å². The molecule has 0 spiro atoms. The number of benzene rings is 1. The second kappa shape index (κ2) is 5.90. The van der Waals surface area contributed by atoms with Gasteiger partial charge in [-0.1, -0.05) is 0 Å². The fourth-order valence-electron chi connectivity index (χ4n) is 1.04. The zero-order chi connectivity index (χ0) is 11.6. The van der Waals surface area contributed by atoms with Crippen LogP contribution in [-0.4, -0.2) is 33.2 Å². The van der Waals surface area contributed by atoms with E-state index in [1.807, 2.05) is 0 Å². The van der Waals surface area contributed by atoms with Crippen molar-refractivity contribution in [2.75, 3.05) is 0 Å². The predicted octanol–water partition coefficient (Wildman–Crippen LogP) is 0.781. The summed E-state index contributed by atoms with van der Waals surface area (Å²) in [5.41, 5.74) is -1.24. The van der Waals surface area contributed by atoms with Crippen molar-refractivity contribution in [3.8, 4) is 0 Å². The second-order valence-electron chi connectivity index (χ2n) is 2.68. The van der Waals surface area contributed by atoms with E-state index in [9.17, 15) is 14.4 Å². The second-order valence-corrected chi connectivity index (χ2v) is 2.68. The van der Waals surface area contributed by atoms with Gasteiger partial charge in [-0.05, 0) is 18.2 Å². The molecule has 0 heterocycles. The number of hydrogen-bond donors (Lipinski definition) is 3. The summed E-state index contributed by atoms with van der Waals surface area (Å²) in [7, 11) is 0. The average Bonchev–Trinajstić information content (AvgIpc) is 2.16. The van der Waals surface area contributed by atoms with Crippen LogP contribution in [0.2, 0.25) is 0 Å². The Morgan fingerprint density at radius 2 is 1.31 bits per heavy atom. The predicted molar refractivity (Wildman–Crippen MR) is 47.3 cm³/mol. The van der Waals surface area contributed by atoms with Gasteiger partial charge in [0.25, 0.3) is 0 Å². The van der Waals surface area contributed by atoms with E-state index in [1.165, 1.54) is 0 Å². The van der Waals surface area contributed by atoms with Crippen molar-refractivity contribution in [2.45, 2.75) is 0 Å². The molecule has 0 amide bonds. The van der Waals surface area contributed by atoms with Crippen LogP contribution in [0.4, 0.5) is 0 Å². The van der Waals surface area contributed by atoms with E-state index >= 15 is 0 Å². The third-order valence-electron chi connectivity index (χ3n) is 1.73. The third kappa shape index (κ3) is 3.24. The smallest absolute Gasteiger partial charge is 0.336 e. The van der Waals surface area contributed by atoms with Crippen molar-refractivity contribution in [1.82, 2.24) is 0 Å². The number of rotatable bonds is 3. The Hall–Kier alpha value is -1.02. The molecule has 0 aliphatic carbocycles. The minimum absolute atomic E-state index is 0. The molecular weight excluding hydrogens is 348 g/mol. The molecule has 0 atom stereocenters. The average molecular weight is 354 g/mol. The zero-order valence-electron chi connectivity index (χ0n) is 7.80. The van der Waals surface area contributed by atoms with Gasteiger partial charge >= 0.3 is 17.9 Å². The van der Waals surface area contributed by atoms with Gasteiger partial charge in [0.15, 0.2) is 0 Å². The molecule has 1 aromatic carbocycles. The molecule has 0 fully saturated rings. The van der Waals surface area contributed by atoms with Crippen molar-refractivity contribution < 1.29 is 70.5 Å². The molecule has 1 aromatic rings. The molecule has 3 N–H and O–H groups in total. The first-order chi connectivity index (χ1) is 6.93. The Kier molecular flexibility index (Phi) is 5.52. The number of hydrogen-bond acceptors (Lipinski definition) is 3. The molecule has 0 unspecified atom stereocenters. The molecule has 0 saturated carbocycles. The topological polar surface area (TPSA) is 112 Å². The third-order valence-corrected chi connectivity index (χ3v) is 1.73. The summed E-state index contributed by atoms with van der Waals surface area (Å²) in [4.78, 5) is 31.8. The van der Waals surface area contributed by atoms with E-state index < -0.39 is 29.0 Å². The quantitative estimate of drug-likeness (QED) is 0.740. The van der Waals surface area contributed by atoms with Crippen molar-refractivity contribution in [2.24, 2.45) is 0 Å². The van der Waals surface area contributed by atoms with Crippen molar-refractivity contribution in [1.29, 1.82) is 0 Å². The maximum Gasteiger partial charge on any atom is 0.336 e. The molecule has 0 aliphatic rings. The summed E-state index contributed by atoms with van der Waals surface area (Å²) in [6, 6.07) is 2.81. The van der Waals surface area contributed by atoms with Crippen LogP contribution in [0.25, 0.3) is 0 Å². The summed E-state index contributed by atoms with van der Waals surface area (Å²) in [5, 5.41) is 25.9. The molecule has 0 bridgehead atoms. The maximum absolute atomic E-state index is 10.6. The summed E-state index contributed by atoms with van der Waals surface area (Å²) in [6.45, 7) is 0. The van der Waals surface area contributed by atoms with E-state index in [4.69, 9.17) is 15.3 Å². The van der Waals surface area contributed by atoms with E-state index in [0.717, 1.165) is 18.2 Å². The molecule has 1 rings (SSSR count). The van der Waals surface area contributed by atoms with Gasteiger partial charge in [0.1, 0.15) is 0 Å². The number of carboxylic acids is 3. The van der Waals surface area contributed by atoms with E-state index in [0.29, 0.717) is 0 Å². The first-order valence-electron chi connectivity index (χ1n) is 3.77. The van der Waals surface area contributed by atoms with Crippen LogP contribution in [-0.2, 0) is 0 Å². The first kappa shape index (κ1) is 15.0. The zero-order valence-corrected chi connectivity index (χ0v) is 11.0. The molecule has 82 valence electrons. The molecule has 0 aromatic heterocycles. The molecule has 16 heavy (non-hydrogen) atoms. The van der Waals surface area contributed by atoms with Crippen LogP contribution in [0.15, 0.2) is 18.2 Å². The molecule has 0 radical (unpaired) electrons. The monoisotopic (exact) mass is 352 g/mol. The summed E-state index contributed by atoms with van der Waals surface area (Å²) < 4.78 is 0. The number of carboxylic acid groups (broad SMARTS) is 3. The van der Waals surface area contributed by atoms with Crippen LogP contribution in [0.5, 0.6) is 0 Å². The van der Waals surface area contributed by atoms with Gasteiger partial charge in [-0.25, -0.2) is 14.4 Å². The summed E-state index contributed by atoms with van der Waals surface area (Å²) >= 11 is 0. The van der Waals surface area contributed by atoms with Crippen molar-refractivity contribution in [3.63, 3.8) is 0 Å². The van der Waals surface area contributed by atoms with Gasteiger partial charge in [-0.3, -0.25) is 0 Å². The van der Waals surface area contributed by atoms with Crippen molar-refractivity contribution in [3.05, 3.63) is 34.9 Å². The Bertz CT molecular complexity index is 453. The van der Waals surface area contributed by atoms with Gasteiger partial charge in [0, 0.05) is 40.8 Å². The number of carbonyl (C=O) groups is 3. The fourth-order valence-corrected chi connectivity index (χ4v) is 1.04. The standard InChI is InChI=1S/C9H6O6.Nd/c10-7(11)4-1-2-5(8(12)13)6(3-4)9(14)15;/h1-3H,(H,10,11)(H,12,13)(H,14,15);. The van der Waals surface area contributed by atoms with Gasteiger partial charge in [0.05, 0.1) is 16.7 Å². The maximum atomic E-state index is 10.6. The summed E-state index contributed by atoms with van der Waals surface area (Å²) in [5.74, 6) is -4.20. The van der Waals surface area contributed by atoms with E-state index in [-0.39, 0.29) is 46.4 Å². The van der Waals surface area contributed by atoms with Gasteiger partial charge < -0.3 is 15.3 Å². The van der Waals surface area contributed by atoms with Crippen LogP contribution in [0.3, 0.4) is 0 Å². The minimum Gasteiger partial charge on any atom is -0.478 e. The molecule has 0 aliphatic heterocycles.